The molecule has 0 saturated heterocycles. The summed E-state index contributed by atoms with van der Waals surface area (Å²) in [5, 5.41) is 9.37. The first-order valence-corrected chi connectivity index (χ1v) is 5.69. The van der Waals surface area contributed by atoms with E-state index in [0.717, 1.165) is 6.07 Å². The van der Waals surface area contributed by atoms with Crippen LogP contribution in [-0.4, -0.2) is 20.6 Å². The number of nitrogens with zero attached hydrogens (tertiary/aromatic N) is 2. The van der Waals surface area contributed by atoms with Gasteiger partial charge in [0.15, 0.2) is 11.6 Å². The van der Waals surface area contributed by atoms with Crippen LogP contribution in [0.4, 0.5) is 4.39 Å². The summed E-state index contributed by atoms with van der Waals surface area (Å²) in [7, 11) is 1.67. The number of hydrogen-bond acceptors (Lipinski definition) is 3. The highest BCUT2D eigenvalue weighted by atomic mass is 35.5. The fourth-order valence-corrected chi connectivity index (χ4v) is 1.67. The van der Waals surface area contributed by atoms with Gasteiger partial charge >= 0.3 is 5.97 Å². The summed E-state index contributed by atoms with van der Waals surface area (Å²) in [5.41, 5.74) is -0.236. The van der Waals surface area contributed by atoms with Gasteiger partial charge in [-0.05, 0) is 12.1 Å². The van der Waals surface area contributed by atoms with Crippen LogP contribution in [0.2, 0.25) is 5.15 Å². The van der Waals surface area contributed by atoms with Crippen LogP contribution in [0.3, 0.4) is 0 Å². The standard InChI is InChI=1S/C12H10ClFN2O3/c1-16-9(13)5-15-10(16)6-19-11-7(12(17)18)3-2-4-8(11)14/h2-5H,6H2,1H3,(H,17,18). The molecule has 0 unspecified atom stereocenters. The third kappa shape index (κ3) is 2.68. The van der Waals surface area contributed by atoms with E-state index in [1.807, 2.05) is 0 Å². The second-order valence-corrected chi connectivity index (χ2v) is 4.15. The molecule has 2 rings (SSSR count). The molecule has 0 amide bonds. The highest BCUT2D eigenvalue weighted by molar-refractivity contribution is 6.29. The number of carboxylic acids is 1. The lowest BCUT2D eigenvalue weighted by atomic mass is 10.2. The van der Waals surface area contributed by atoms with Crippen LogP contribution >= 0.6 is 11.6 Å². The molecule has 0 fully saturated rings. The first kappa shape index (κ1) is 13.4. The smallest absolute Gasteiger partial charge is 0.339 e. The molecule has 1 aromatic carbocycles. The van der Waals surface area contributed by atoms with Gasteiger partial charge in [0.25, 0.3) is 0 Å². The molecule has 19 heavy (non-hydrogen) atoms. The first-order chi connectivity index (χ1) is 9.00. The van der Waals surface area contributed by atoms with E-state index >= 15 is 0 Å². The Hall–Kier alpha value is -2.08. The molecule has 7 heteroatoms. The zero-order valence-electron chi connectivity index (χ0n) is 9.93. The normalized spacial score (nSPS) is 10.5. The van der Waals surface area contributed by atoms with Gasteiger partial charge in [-0.3, -0.25) is 0 Å². The number of hydrogen-bond donors (Lipinski definition) is 1. The van der Waals surface area contributed by atoms with E-state index in [0.29, 0.717) is 11.0 Å². The van der Waals surface area contributed by atoms with E-state index in [9.17, 15) is 9.18 Å². The van der Waals surface area contributed by atoms with Gasteiger partial charge in [0.2, 0.25) is 0 Å². The Labute approximate surface area is 113 Å². The van der Waals surface area contributed by atoms with Gasteiger partial charge in [-0.25, -0.2) is 14.2 Å². The van der Waals surface area contributed by atoms with E-state index in [1.165, 1.54) is 18.3 Å². The number of aromatic nitrogens is 2. The van der Waals surface area contributed by atoms with Crippen LogP contribution in [0.5, 0.6) is 5.75 Å². The molecule has 0 radical (unpaired) electrons. The van der Waals surface area contributed by atoms with Crippen molar-refractivity contribution in [2.24, 2.45) is 7.05 Å². The summed E-state index contributed by atoms with van der Waals surface area (Å²) in [5.74, 6) is -1.84. The van der Waals surface area contributed by atoms with Crippen LogP contribution in [0.15, 0.2) is 24.4 Å². The van der Waals surface area contributed by atoms with E-state index in [2.05, 4.69) is 4.98 Å². The number of benzene rings is 1. The molecule has 0 aliphatic carbocycles. The molecular weight excluding hydrogens is 275 g/mol. The third-order valence-electron chi connectivity index (χ3n) is 2.57. The molecule has 1 heterocycles. The van der Waals surface area contributed by atoms with Crippen molar-refractivity contribution >= 4 is 17.6 Å². The van der Waals surface area contributed by atoms with Crippen molar-refractivity contribution in [3.8, 4) is 5.75 Å². The molecule has 0 spiro atoms. The fourth-order valence-electron chi connectivity index (χ4n) is 1.52. The second kappa shape index (κ2) is 5.27. The number of imidazole rings is 1. The largest absolute Gasteiger partial charge is 0.482 e. The minimum Gasteiger partial charge on any atom is -0.482 e. The summed E-state index contributed by atoms with van der Waals surface area (Å²) >= 11 is 5.80. The number of aromatic carboxylic acids is 1. The summed E-state index contributed by atoms with van der Waals surface area (Å²) in [6.45, 7) is -0.0789. The van der Waals surface area contributed by atoms with Crippen molar-refractivity contribution in [2.45, 2.75) is 6.61 Å². The van der Waals surface area contributed by atoms with Gasteiger partial charge in [-0.15, -0.1) is 0 Å². The molecule has 5 nitrogen and oxygen atoms in total. The van der Waals surface area contributed by atoms with Crippen LogP contribution < -0.4 is 4.74 Å². The molecular formula is C12H10ClFN2O3. The quantitative estimate of drug-likeness (QED) is 0.937. The van der Waals surface area contributed by atoms with E-state index in [4.69, 9.17) is 21.4 Å². The molecule has 0 saturated carbocycles. The number of halogens is 2. The van der Waals surface area contributed by atoms with Gasteiger partial charge in [0.05, 0.1) is 6.20 Å². The van der Waals surface area contributed by atoms with Crippen molar-refractivity contribution in [1.29, 1.82) is 0 Å². The Morgan fingerprint density at radius 2 is 2.32 bits per heavy atom. The Morgan fingerprint density at radius 1 is 1.58 bits per heavy atom. The Morgan fingerprint density at radius 3 is 2.89 bits per heavy atom. The highest BCUT2D eigenvalue weighted by Crippen LogP contribution is 2.24. The minimum absolute atomic E-state index is 0.0789. The Balaban J connectivity index is 2.24. The van der Waals surface area contributed by atoms with Gasteiger partial charge in [0.1, 0.15) is 23.1 Å². The molecule has 1 N–H and O–H groups in total. The summed E-state index contributed by atoms with van der Waals surface area (Å²) in [6, 6.07) is 3.71. The Kier molecular flexibility index (Phi) is 3.71. The van der Waals surface area contributed by atoms with Gasteiger partial charge in [-0.2, -0.15) is 0 Å². The van der Waals surface area contributed by atoms with Gasteiger partial charge in [0, 0.05) is 7.05 Å². The predicted octanol–water partition coefficient (Wildman–Crippen LogP) is 2.49. The molecule has 100 valence electrons. The molecule has 1 aromatic heterocycles. The Bertz CT molecular complexity index is 627. The number of ether oxygens (including phenoxy) is 1. The molecule has 0 atom stereocenters. The number of carboxylic acid groups (broad SMARTS) is 1. The SMILES string of the molecule is Cn1c(Cl)cnc1COc1c(F)cccc1C(=O)O. The lowest BCUT2D eigenvalue weighted by Gasteiger charge is -2.10. The lowest BCUT2D eigenvalue weighted by molar-refractivity contribution is 0.0690. The molecule has 0 aliphatic rings. The van der Waals surface area contributed by atoms with Crippen LogP contribution in [-0.2, 0) is 13.7 Å². The predicted molar refractivity (Wildman–Crippen MR) is 65.9 cm³/mol. The first-order valence-electron chi connectivity index (χ1n) is 5.31. The van der Waals surface area contributed by atoms with E-state index in [1.54, 1.807) is 11.6 Å². The monoisotopic (exact) mass is 284 g/mol. The highest BCUT2D eigenvalue weighted by Gasteiger charge is 2.16. The number of para-hydroxylation sites is 1. The summed E-state index contributed by atoms with van der Waals surface area (Å²) in [6.07, 6.45) is 1.43. The summed E-state index contributed by atoms with van der Waals surface area (Å²) in [4.78, 5) is 14.9. The maximum atomic E-state index is 13.6. The molecule has 2 aromatic rings. The van der Waals surface area contributed by atoms with Crippen molar-refractivity contribution < 1.29 is 19.0 Å². The average molecular weight is 285 g/mol. The van der Waals surface area contributed by atoms with Crippen molar-refractivity contribution in [2.75, 3.05) is 0 Å². The van der Waals surface area contributed by atoms with Gasteiger partial charge < -0.3 is 14.4 Å². The average Bonchev–Trinajstić information content (AvgIpc) is 2.68. The molecule has 0 aliphatic heterocycles. The van der Waals surface area contributed by atoms with Crippen LogP contribution in [0.1, 0.15) is 16.2 Å². The van der Waals surface area contributed by atoms with E-state index in [-0.39, 0.29) is 17.9 Å². The number of carbonyl (C=O) groups is 1. The minimum atomic E-state index is -1.26. The van der Waals surface area contributed by atoms with Crippen molar-refractivity contribution in [3.05, 3.63) is 46.8 Å². The van der Waals surface area contributed by atoms with Crippen LogP contribution in [0, 0.1) is 5.82 Å². The van der Waals surface area contributed by atoms with E-state index < -0.39 is 11.8 Å². The van der Waals surface area contributed by atoms with Crippen LogP contribution in [0.25, 0.3) is 0 Å². The maximum Gasteiger partial charge on any atom is 0.339 e. The molecule has 0 bridgehead atoms. The van der Waals surface area contributed by atoms with Crippen molar-refractivity contribution in [1.82, 2.24) is 9.55 Å². The maximum absolute atomic E-state index is 13.6. The third-order valence-corrected chi connectivity index (χ3v) is 2.92. The van der Waals surface area contributed by atoms with Crippen molar-refractivity contribution in [3.63, 3.8) is 0 Å². The second-order valence-electron chi connectivity index (χ2n) is 3.77. The lowest BCUT2D eigenvalue weighted by Crippen LogP contribution is -2.08. The fraction of sp³-hybridized carbons (Fsp3) is 0.167. The van der Waals surface area contributed by atoms with Gasteiger partial charge in [-0.1, -0.05) is 17.7 Å². The number of rotatable bonds is 4. The summed E-state index contributed by atoms with van der Waals surface area (Å²) < 4.78 is 20.3. The zero-order chi connectivity index (χ0) is 14.0. The topological polar surface area (TPSA) is 64.4 Å². The zero-order valence-corrected chi connectivity index (χ0v) is 10.7.